The topological polar surface area (TPSA) is 20.9 Å². The molecule has 4 aromatic heterocycles. The highest BCUT2D eigenvalue weighted by Crippen LogP contribution is 2.67. The molecule has 0 aliphatic carbocycles. The second kappa shape index (κ2) is 8.08. The number of hydrogen-bond acceptors (Lipinski definition) is 1. The SMILES string of the molecule is CC(C)c1cc2[n+]3c(c1)-n1c4ccccc4c4cc5c6ccccc6n6c5c(c41)C31c3c-6ccc4c3N3c5c(cccc5C(C)(C)c5ccc-2[n+]1c53)C4(C)C. The Labute approximate surface area is 317 Å². The molecule has 15 rings (SSSR count). The monoisotopic (exact) mass is 707 g/mol. The third-order valence-corrected chi connectivity index (χ3v) is 15.0. The molecule has 1 spiro atoms. The smallest absolute Gasteiger partial charge is 0.308 e. The third kappa shape index (κ3) is 2.51. The molecule has 55 heavy (non-hydrogen) atoms. The number of para-hydroxylation sites is 3. The van der Waals surface area contributed by atoms with E-state index >= 15 is 0 Å². The zero-order valence-corrected chi connectivity index (χ0v) is 31.7. The molecule has 1 unspecified atom stereocenters. The van der Waals surface area contributed by atoms with Gasteiger partial charge in [0, 0.05) is 55.1 Å². The number of benzene rings is 5. The van der Waals surface area contributed by atoms with Crippen LogP contribution in [0.4, 0.5) is 17.2 Å². The first-order chi connectivity index (χ1) is 26.7. The Morgan fingerprint density at radius 3 is 1.89 bits per heavy atom. The summed E-state index contributed by atoms with van der Waals surface area (Å²) in [5.41, 5.74) is 20.5. The molecule has 5 aromatic carbocycles. The van der Waals surface area contributed by atoms with Crippen molar-refractivity contribution >= 4 is 60.8 Å². The van der Waals surface area contributed by atoms with Gasteiger partial charge >= 0.3 is 5.66 Å². The van der Waals surface area contributed by atoms with E-state index in [9.17, 15) is 0 Å². The van der Waals surface area contributed by atoms with Gasteiger partial charge in [0.2, 0.25) is 0 Å². The Morgan fingerprint density at radius 2 is 1.16 bits per heavy atom. The van der Waals surface area contributed by atoms with Crippen LogP contribution in [0.1, 0.15) is 86.4 Å². The Kier molecular flexibility index (Phi) is 4.16. The van der Waals surface area contributed by atoms with Crippen LogP contribution in [0.3, 0.4) is 0 Å². The molecular formula is C50H37N5+2. The Balaban J connectivity index is 1.32. The molecule has 0 saturated heterocycles. The number of anilines is 3. The molecule has 0 amide bonds. The van der Waals surface area contributed by atoms with Crippen molar-refractivity contribution in [3.63, 3.8) is 0 Å². The first-order valence-electron chi connectivity index (χ1n) is 20.0. The van der Waals surface area contributed by atoms with Crippen LogP contribution in [-0.4, -0.2) is 9.13 Å². The molecule has 6 aliphatic rings. The van der Waals surface area contributed by atoms with E-state index in [2.05, 4.69) is 174 Å². The van der Waals surface area contributed by atoms with Crippen LogP contribution < -0.4 is 14.0 Å². The normalized spacial score (nSPS) is 19.6. The van der Waals surface area contributed by atoms with E-state index in [1.54, 1.807) is 0 Å². The number of hydrogen-bond donors (Lipinski definition) is 0. The van der Waals surface area contributed by atoms with Crippen molar-refractivity contribution in [1.29, 1.82) is 0 Å². The standard InChI is InChI=1S/C50H37N5/c1-25(2)26-22-39-37-20-19-34-47-53-45-31(14-11-15-32(45)49(34,5)6)48(3,4)33-18-21-38-41(46(33)53)50(55(37)47)42-43-29(27-12-7-9-16-35(27)51(38)43)24-30-28-13-8-10-17-36(28)52(44(30)42)40(23-26)54(39)50/h7-25H,1-6H3/q+2. The van der Waals surface area contributed by atoms with Crippen molar-refractivity contribution in [2.45, 2.75) is 64.0 Å². The van der Waals surface area contributed by atoms with Gasteiger partial charge in [0.1, 0.15) is 22.3 Å². The van der Waals surface area contributed by atoms with Gasteiger partial charge in [-0.15, -0.1) is 0 Å². The van der Waals surface area contributed by atoms with E-state index in [4.69, 9.17) is 0 Å². The van der Waals surface area contributed by atoms with Crippen LogP contribution >= 0.6 is 0 Å². The molecule has 260 valence electrons. The van der Waals surface area contributed by atoms with Crippen LogP contribution in [0.2, 0.25) is 0 Å². The summed E-state index contributed by atoms with van der Waals surface area (Å²) in [4.78, 5) is 2.73. The maximum absolute atomic E-state index is 2.83. The second-order valence-electron chi connectivity index (χ2n) is 18.4. The first-order valence-corrected chi connectivity index (χ1v) is 20.0. The average Bonchev–Trinajstić information content (AvgIpc) is 3.81. The van der Waals surface area contributed by atoms with Gasteiger partial charge in [-0.3, -0.25) is 0 Å². The zero-order valence-electron chi connectivity index (χ0n) is 31.7. The van der Waals surface area contributed by atoms with E-state index < -0.39 is 5.66 Å². The Hall–Kier alpha value is -6.20. The van der Waals surface area contributed by atoms with Crippen molar-refractivity contribution in [1.82, 2.24) is 9.13 Å². The quantitative estimate of drug-likeness (QED) is 0.156. The molecule has 0 radical (unpaired) electrons. The minimum Gasteiger partial charge on any atom is -0.308 e. The van der Waals surface area contributed by atoms with Gasteiger partial charge in [0.15, 0.2) is 22.6 Å². The lowest BCUT2D eigenvalue weighted by Crippen LogP contribution is -2.77. The van der Waals surface area contributed by atoms with Gasteiger partial charge in [-0.1, -0.05) is 96.1 Å². The summed E-state index contributed by atoms with van der Waals surface area (Å²) in [5, 5.41) is 5.29. The molecule has 0 fully saturated rings. The molecule has 5 heteroatoms. The van der Waals surface area contributed by atoms with Crippen LogP contribution in [0.15, 0.2) is 109 Å². The van der Waals surface area contributed by atoms with Gasteiger partial charge in [-0.25, -0.2) is 0 Å². The molecule has 0 N–H and O–H groups in total. The zero-order chi connectivity index (χ0) is 36.4. The highest BCUT2D eigenvalue weighted by molar-refractivity contribution is 6.22. The van der Waals surface area contributed by atoms with Gasteiger partial charge in [0.25, 0.3) is 11.6 Å². The van der Waals surface area contributed by atoms with Crippen molar-refractivity contribution in [3.05, 3.63) is 148 Å². The Morgan fingerprint density at radius 1 is 0.527 bits per heavy atom. The Bertz CT molecular complexity index is 3460. The summed E-state index contributed by atoms with van der Waals surface area (Å²) in [6.45, 7) is 14.5. The van der Waals surface area contributed by atoms with E-state index in [1.165, 1.54) is 123 Å². The lowest BCUT2D eigenvalue weighted by atomic mass is 9.64. The van der Waals surface area contributed by atoms with Crippen LogP contribution in [0.5, 0.6) is 0 Å². The molecular weight excluding hydrogens is 671 g/mol. The van der Waals surface area contributed by atoms with Gasteiger partial charge in [-0.05, 0) is 60.0 Å². The fourth-order valence-electron chi connectivity index (χ4n) is 12.7. The summed E-state index contributed by atoms with van der Waals surface area (Å²) < 4.78 is 10.9. The number of aromatic nitrogens is 4. The molecule has 0 bridgehead atoms. The van der Waals surface area contributed by atoms with Crippen LogP contribution in [0, 0.1) is 0 Å². The molecule has 9 aromatic rings. The second-order valence-corrected chi connectivity index (χ2v) is 18.4. The maximum Gasteiger partial charge on any atom is 0.319 e. The summed E-state index contributed by atoms with van der Waals surface area (Å²) in [7, 11) is 0. The highest BCUT2D eigenvalue weighted by Gasteiger charge is 2.72. The van der Waals surface area contributed by atoms with E-state index in [-0.39, 0.29) is 10.8 Å². The number of rotatable bonds is 1. The van der Waals surface area contributed by atoms with E-state index in [0.29, 0.717) is 5.92 Å². The largest absolute Gasteiger partial charge is 0.319 e. The number of pyridine rings is 2. The molecule has 1 atom stereocenters. The summed E-state index contributed by atoms with van der Waals surface area (Å²) in [6.07, 6.45) is 0. The first kappa shape index (κ1) is 28.3. The fraction of sp³-hybridized carbons (Fsp3) is 0.200. The van der Waals surface area contributed by atoms with Gasteiger partial charge in [-0.2, -0.15) is 18.6 Å². The lowest BCUT2D eigenvalue weighted by Gasteiger charge is -2.50. The number of nitrogens with zero attached hydrogens (tertiary/aromatic N) is 5. The van der Waals surface area contributed by atoms with Gasteiger partial charge < -0.3 is 4.57 Å². The molecule has 0 saturated carbocycles. The molecule has 10 heterocycles. The van der Waals surface area contributed by atoms with E-state index in [0.717, 1.165) is 0 Å². The van der Waals surface area contributed by atoms with E-state index in [1.807, 2.05) is 0 Å². The lowest BCUT2D eigenvalue weighted by molar-refractivity contribution is -0.931. The predicted octanol–water partition coefficient (Wildman–Crippen LogP) is 10.5. The van der Waals surface area contributed by atoms with Crippen LogP contribution in [0.25, 0.3) is 66.5 Å². The third-order valence-electron chi connectivity index (χ3n) is 15.0. The van der Waals surface area contributed by atoms with Crippen molar-refractivity contribution in [3.8, 4) is 22.9 Å². The molecule has 5 nitrogen and oxygen atoms in total. The van der Waals surface area contributed by atoms with Crippen molar-refractivity contribution in [2.24, 2.45) is 0 Å². The van der Waals surface area contributed by atoms with Crippen LogP contribution in [-0.2, 0) is 16.5 Å². The summed E-state index contributed by atoms with van der Waals surface area (Å²) in [6, 6.07) is 42.8. The minimum atomic E-state index is -0.652. The van der Waals surface area contributed by atoms with Crippen molar-refractivity contribution < 1.29 is 9.13 Å². The molecule has 6 aliphatic heterocycles. The average molecular weight is 708 g/mol. The summed E-state index contributed by atoms with van der Waals surface area (Å²) >= 11 is 0. The number of fused-ring (bicyclic) bond motifs is 9. The minimum absolute atomic E-state index is 0.210. The maximum atomic E-state index is 2.83. The fourth-order valence-corrected chi connectivity index (χ4v) is 12.7. The predicted molar refractivity (Wildman–Crippen MR) is 219 cm³/mol. The van der Waals surface area contributed by atoms with Crippen molar-refractivity contribution in [2.75, 3.05) is 4.90 Å². The highest BCUT2D eigenvalue weighted by atomic mass is 15.5. The summed E-state index contributed by atoms with van der Waals surface area (Å²) in [5.74, 6) is 2.94. The van der Waals surface area contributed by atoms with Gasteiger partial charge in [0.05, 0.1) is 22.3 Å².